The summed E-state index contributed by atoms with van der Waals surface area (Å²) in [6.45, 7) is 3.99. The maximum Gasteiger partial charge on any atom is 0.215 e. The van der Waals surface area contributed by atoms with Crippen molar-refractivity contribution in [3.63, 3.8) is 0 Å². The molecule has 0 N–H and O–H groups in total. The minimum atomic E-state index is -0.844. The zero-order chi connectivity index (χ0) is 17.1. The van der Waals surface area contributed by atoms with Crippen molar-refractivity contribution in [2.24, 2.45) is 4.99 Å². The van der Waals surface area contributed by atoms with Crippen LogP contribution in [0.4, 0.5) is 5.69 Å². The molecule has 3 rings (SSSR count). The lowest BCUT2D eigenvalue weighted by Gasteiger charge is -2.20. The molecule has 1 saturated heterocycles. The molecule has 1 aromatic rings. The van der Waals surface area contributed by atoms with Gasteiger partial charge in [-0.1, -0.05) is 11.6 Å². The Morgan fingerprint density at radius 3 is 2.75 bits per heavy atom. The predicted octanol–water partition coefficient (Wildman–Crippen LogP) is 3.69. The average molecular weight is 371 g/mol. The normalized spacial score (nSPS) is 20.7. The van der Waals surface area contributed by atoms with Crippen molar-refractivity contribution in [1.82, 2.24) is 4.90 Å². The first-order valence-corrected chi connectivity index (χ1v) is 8.91. The second-order valence-corrected chi connectivity index (χ2v) is 6.74. The van der Waals surface area contributed by atoms with Crippen molar-refractivity contribution in [2.45, 2.75) is 24.6 Å². The molecule has 0 saturated carbocycles. The van der Waals surface area contributed by atoms with Crippen LogP contribution in [0.2, 0.25) is 0 Å². The highest BCUT2D eigenvalue weighted by Gasteiger charge is 2.30. The summed E-state index contributed by atoms with van der Waals surface area (Å²) in [6, 6.07) is 3.43. The first-order chi connectivity index (χ1) is 11.6. The largest absolute Gasteiger partial charge is 0.493 e. The number of methoxy groups -OCH3 is 1. The Labute approximate surface area is 151 Å². The van der Waals surface area contributed by atoms with Crippen LogP contribution in [0.25, 0.3) is 0 Å². The highest BCUT2D eigenvalue weighted by atomic mass is 35.5. The number of hydrogen-bond donors (Lipinski definition) is 0. The Morgan fingerprint density at radius 1 is 1.29 bits per heavy atom. The third-order valence-electron chi connectivity index (χ3n) is 4.31. The van der Waals surface area contributed by atoms with Gasteiger partial charge in [-0.15, -0.1) is 11.6 Å². The SMILES string of the molecule is COc1cc2c(cc1OCCCN1CCCC1)N=C(Cl)C(=O)C2Cl. The molecule has 24 heavy (non-hydrogen) atoms. The predicted molar refractivity (Wildman–Crippen MR) is 95.3 cm³/mol. The summed E-state index contributed by atoms with van der Waals surface area (Å²) in [7, 11) is 1.56. The summed E-state index contributed by atoms with van der Waals surface area (Å²) in [5, 5.41) is -0.948. The van der Waals surface area contributed by atoms with Crippen LogP contribution >= 0.6 is 23.2 Å². The monoisotopic (exact) mass is 370 g/mol. The van der Waals surface area contributed by atoms with Crippen LogP contribution in [0, 0.1) is 0 Å². The molecule has 130 valence electrons. The minimum absolute atomic E-state index is 0.104. The molecular formula is C17H20Cl2N2O3. The van der Waals surface area contributed by atoms with Gasteiger partial charge >= 0.3 is 0 Å². The highest BCUT2D eigenvalue weighted by Crippen LogP contribution is 2.42. The fourth-order valence-electron chi connectivity index (χ4n) is 3.02. The fourth-order valence-corrected chi connectivity index (χ4v) is 3.55. The van der Waals surface area contributed by atoms with Crippen LogP contribution in [0.5, 0.6) is 11.5 Å². The molecule has 1 fully saturated rings. The van der Waals surface area contributed by atoms with E-state index in [-0.39, 0.29) is 5.17 Å². The van der Waals surface area contributed by atoms with Crippen LogP contribution in [0.3, 0.4) is 0 Å². The van der Waals surface area contributed by atoms with E-state index >= 15 is 0 Å². The van der Waals surface area contributed by atoms with Gasteiger partial charge < -0.3 is 14.4 Å². The molecule has 0 bridgehead atoms. The first kappa shape index (κ1) is 17.5. The molecule has 0 aliphatic carbocycles. The van der Waals surface area contributed by atoms with E-state index in [1.165, 1.54) is 25.9 Å². The van der Waals surface area contributed by atoms with Crippen LogP contribution in [0.15, 0.2) is 17.1 Å². The molecular weight excluding hydrogens is 351 g/mol. The van der Waals surface area contributed by atoms with Crippen LogP contribution in [0.1, 0.15) is 30.2 Å². The van der Waals surface area contributed by atoms with Gasteiger partial charge in [-0.3, -0.25) is 4.79 Å². The number of carbonyl (C=O) groups is 1. The number of halogens is 2. The van der Waals surface area contributed by atoms with E-state index in [0.717, 1.165) is 13.0 Å². The molecule has 0 spiro atoms. The van der Waals surface area contributed by atoms with E-state index in [9.17, 15) is 4.79 Å². The molecule has 0 aromatic heterocycles. The van der Waals surface area contributed by atoms with E-state index in [4.69, 9.17) is 32.7 Å². The maximum atomic E-state index is 11.8. The third-order valence-corrected chi connectivity index (χ3v) is 5.02. The lowest BCUT2D eigenvalue weighted by Crippen LogP contribution is -2.22. The van der Waals surface area contributed by atoms with Crippen molar-refractivity contribution in [2.75, 3.05) is 33.4 Å². The summed E-state index contributed by atoms with van der Waals surface area (Å²) in [5.74, 6) is 0.734. The molecule has 1 atom stereocenters. The molecule has 0 amide bonds. The van der Waals surface area contributed by atoms with E-state index in [2.05, 4.69) is 9.89 Å². The Kier molecular flexibility index (Phi) is 5.64. The van der Waals surface area contributed by atoms with Crippen molar-refractivity contribution in [3.05, 3.63) is 17.7 Å². The lowest BCUT2D eigenvalue weighted by atomic mass is 10.0. The number of benzene rings is 1. The number of rotatable bonds is 6. The summed E-state index contributed by atoms with van der Waals surface area (Å²) in [4.78, 5) is 18.4. The summed E-state index contributed by atoms with van der Waals surface area (Å²) < 4.78 is 11.2. The van der Waals surface area contributed by atoms with Gasteiger partial charge in [0.15, 0.2) is 16.7 Å². The third kappa shape index (κ3) is 3.68. The van der Waals surface area contributed by atoms with Crippen molar-refractivity contribution in [1.29, 1.82) is 0 Å². The molecule has 1 unspecified atom stereocenters. The van der Waals surface area contributed by atoms with Crippen LogP contribution in [-0.4, -0.2) is 49.2 Å². The molecule has 7 heteroatoms. The van der Waals surface area contributed by atoms with Crippen molar-refractivity contribution < 1.29 is 14.3 Å². The zero-order valence-electron chi connectivity index (χ0n) is 13.6. The smallest absolute Gasteiger partial charge is 0.215 e. The number of ketones is 1. The topological polar surface area (TPSA) is 51.1 Å². The Balaban J connectivity index is 1.69. The van der Waals surface area contributed by atoms with Gasteiger partial charge in [0.1, 0.15) is 5.38 Å². The van der Waals surface area contributed by atoms with Crippen molar-refractivity contribution in [3.8, 4) is 11.5 Å². The van der Waals surface area contributed by atoms with Gasteiger partial charge in [-0.25, -0.2) is 4.99 Å². The Morgan fingerprint density at radius 2 is 2.04 bits per heavy atom. The molecule has 2 aliphatic heterocycles. The molecule has 2 heterocycles. The number of aliphatic imine (C=N–C) groups is 1. The van der Waals surface area contributed by atoms with Crippen LogP contribution in [-0.2, 0) is 4.79 Å². The van der Waals surface area contributed by atoms with Crippen LogP contribution < -0.4 is 9.47 Å². The van der Waals surface area contributed by atoms with Gasteiger partial charge in [-0.2, -0.15) is 0 Å². The second kappa shape index (κ2) is 7.72. The average Bonchev–Trinajstić information content (AvgIpc) is 3.09. The van der Waals surface area contributed by atoms with Gasteiger partial charge in [0, 0.05) is 18.2 Å². The maximum absolute atomic E-state index is 11.8. The first-order valence-electron chi connectivity index (χ1n) is 8.09. The summed E-state index contributed by atoms with van der Waals surface area (Å²) >= 11 is 12.0. The zero-order valence-corrected chi connectivity index (χ0v) is 15.1. The summed E-state index contributed by atoms with van der Waals surface area (Å²) in [5.41, 5.74) is 1.14. The standard InChI is InChI=1S/C17H20Cl2N2O3/c1-23-13-9-11-12(20-17(19)16(22)15(11)18)10-14(13)24-8-4-7-21-5-2-3-6-21/h9-10,15H,2-8H2,1H3. The number of hydrogen-bond acceptors (Lipinski definition) is 5. The molecule has 5 nitrogen and oxygen atoms in total. The number of fused-ring (bicyclic) bond motifs is 1. The molecule has 0 radical (unpaired) electrons. The number of Topliss-reactive ketones (excluding diaryl/α,β-unsaturated/α-hetero) is 1. The van der Waals surface area contributed by atoms with E-state index in [0.29, 0.717) is 29.4 Å². The quantitative estimate of drug-likeness (QED) is 0.565. The minimum Gasteiger partial charge on any atom is -0.493 e. The summed E-state index contributed by atoms with van der Waals surface area (Å²) in [6.07, 6.45) is 3.52. The molecule has 1 aromatic carbocycles. The number of nitrogens with zero attached hydrogens (tertiary/aromatic N) is 2. The number of carbonyl (C=O) groups excluding carboxylic acids is 1. The highest BCUT2D eigenvalue weighted by molar-refractivity contribution is 6.85. The lowest BCUT2D eigenvalue weighted by molar-refractivity contribution is -0.112. The van der Waals surface area contributed by atoms with Gasteiger partial charge in [0.2, 0.25) is 5.78 Å². The van der Waals surface area contributed by atoms with E-state index in [1.807, 2.05) is 0 Å². The van der Waals surface area contributed by atoms with E-state index < -0.39 is 11.2 Å². The second-order valence-electron chi connectivity index (χ2n) is 5.94. The Bertz CT molecular complexity index is 657. The number of ether oxygens (including phenoxy) is 2. The van der Waals surface area contributed by atoms with Gasteiger partial charge in [0.05, 0.1) is 19.4 Å². The fraction of sp³-hybridized carbons (Fsp3) is 0.529. The molecule has 2 aliphatic rings. The van der Waals surface area contributed by atoms with E-state index in [1.54, 1.807) is 19.2 Å². The number of alkyl halides is 1. The van der Waals surface area contributed by atoms with Crippen molar-refractivity contribution >= 4 is 39.8 Å². The number of likely N-dealkylation sites (tertiary alicyclic amines) is 1. The van der Waals surface area contributed by atoms with Gasteiger partial charge in [-0.05, 0) is 38.4 Å². The Hall–Kier alpha value is -1.30. The van der Waals surface area contributed by atoms with Gasteiger partial charge in [0.25, 0.3) is 0 Å².